The summed E-state index contributed by atoms with van der Waals surface area (Å²) < 4.78 is 50.7. The molecular weight excluding hydrogens is 588 g/mol. The minimum atomic E-state index is -5.08. The maximum absolute atomic E-state index is 13.6. The predicted octanol–water partition coefficient (Wildman–Crippen LogP) is 8.23. The summed E-state index contributed by atoms with van der Waals surface area (Å²) in [6, 6.07) is 29.9. The molecule has 2 heterocycles. The molecular formula is C34H28F4N4O3. The molecule has 0 amide bonds. The van der Waals surface area contributed by atoms with E-state index in [9.17, 15) is 17.6 Å². The quantitative estimate of drug-likeness (QED) is 0.156. The second kappa shape index (κ2) is 13.1. The van der Waals surface area contributed by atoms with Crippen molar-refractivity contribution in [3.63, 3.8) is 0 Å². The summed E-state index contributed by atoms with van der Waals surface area (Å²) in [4.78, 5) is 16.8. The highest BCUT2D eigenvalue weighted by Gasteiger charge is 2.38. The molecule has 6 rings (SSSR count). The van der Waals surface area contributed by atoms with E-state index in [-0.39, 0.29) is 5.82 Å². The standard InChI is InChI=1S/C32H27FN4O.C2HF3O2/c1-20-31(21(2)38-37-20)26-10-4-7-23(15-26)19-34-18-22-6-3-8-24(14-22)25-9-5-11-27(16-25)32-35-29-13-12-28(33)17-30(29)36-32;3-2(4,5)1(6)7/h3-17,34H,18-19H2,1-2H3,(H,35,36);(H,6,7). The van der Waals surface area contributed by atoms with Gasteiger partial charge >= 0.3 is 12.1 Å². The van der Waals surface area contributed by atoms with Gasteiger partial charge in [0, 0.05) is 24.2 Å². The molecule has 3 N–H and O–H groups in total. The maximum Gasteiger partial charge on any atom is 0.490 e. The molecule has 0 atom stereocenters. The molecule has 7 nitrogen and oxygen atoms in total. The zero-order valence-corrected chi connectivity index (χ0v) is 24.2. The van der Waals surface area contributed by atoms with Crippen LogP contribution in [0.4, 0.5) is 17.6 Å². The number of imidazole rings is 1. The number of hydrogen-bond acceptors (Lipinski definition) is 5. The van der Waals surface area contributed by atoms with Crippen LogP contribution in [0.3, 0.4) is 0 Å². The summed E-state index contributed by atoms with van der Waals surface area (Å²) in [5.41, 5.74) is 10.1. The molecule has 0 unspecified atom stereocenters. The molecule has 0 aliphatic carbocycles. The van der Waals surface area contributed by atoms with Crippen LogP contribution in [-0.2, 0) is 17.9 Å². The Kier molecular flexibility index (Phi) is 9.10. The third-order valence-electron chi connectivity index (χ3n) is 6.99. The number of nitrogens with zero attached hydrogens (tertiary/aromatic N) is 2. The van der Waals surface area contributed by atoms with Gasteiger partial charge in [-0.2, -0.15) is 13.2 Å². The van der Waals surface area contributed by atoms with Crippen LogP contribution in [0.2, 0.25) is 0 Å². The lowest BCUT2D eigenvalue weighted by atomic mass is 10.0. The molecule has 6 aromatic rings. The Balaban J connectivity index is 0.000000515. The van der Waals surface area contributed by atoms with Crippen molar-refractivity contribution in [1.82, 2.24) is 20.4 Å². The molecule has 11 heteroatoms. The SMILES string of the molecule is Cc1noc(C)c1-c1cccc(CNCc2cccc(-c3cccc(-c4nc5ccc(F)cc5[nH]4)c3)c2)c1.O=C(O)C(F)(F)F. The molecule has 2 aromatic heterocycles. The van der Waals surface area contributed by atoms with Crippen LogP contribution in [0.1, 0.15) is 22.6 Å². The number of halogens is 4. The number of fused-ring (bicyclic) bond motifs is 1. The van der Waals surface area contributed by atoms with Gasteiger partial charge in [0.25, 0.3) is 0 Å². The number of aliphatic carboxylic acids is 1. The van der Waals surface area contributed by atoms with Crippen LogP contribution in [0, 0.1) is 19.7 Å². The molecule has 0 spiro atoms. The van der Waals surface area contributed by atoms with Crippen LogP contribution < -0.4 is 5.32 Å². The first kappa shape index (κ1) is 31.1. The van der Waals surface area contributed by atoms with Crippen molar-refractivity contribution >= 4 is 17.0 Å². The molecule has 4 aromatic carbocycles. The molecule has 0 saturated carbocycles. The number of carbonyl (C=O) groups is 1. The molecule has 0 aliphatic rings. The van der Waals surface area contributed by atoms with Crippen molar-refractivity contribution in [3.05, 3.63) is 119 Å². The van der Waals surface area contributed by atoms with Gasteiger partial charge in [0.2, 0.25) is 0 Å². The van der Waals surface area contributed by atoms with Crippen LogP contribution in [0.15, 0.2) is 95.5 Å². The van der Waals surface area contributed by atoms with E-state index in [2.05, 4.69) is 81.1 Å². The van der Waals surface area contributed by atoms with E-state index in [4.69, 9.17) is 14.4 Å². The third kappa shape index (κ3) is 7.63. The minimum Gasteiger partial charge on any atom is -0.475 e. The number of H-pyrrole nitrogens is 1. The largest absolute Gasteiger partial charge is 0.490 e. The van der Waals surface area contributed by atoms with Crippen molar-refractivity contribution in [2.24, 2.45) is 0 Å². The first-order chi connectivity index (χ1) is 21.5. The Morgan fingerprint density at radius 1 is 0.844 bits per heavy atom. The van der Waals surface area contributed by atoms with Gasteiger partial charge < -0.3 is 19.9 Å². The van der Waals surface area contributed by atoms with Crippen molar-refractivity contribution in [2.75, 3.05) is 0 Å². The van der Waals surface area contributed by atoms with Crippen molar-refractivity contribution < 1.29 is 32.0 Å². The van der Waals surface area contributed by atoms with Gasteiger partial charge in [-0.1, -0.05) is 59.8 Å². The van der Waals surface area contributed by atoms with Gasteiger partial charge in [-0.3, -0.25) is 0 Å². The molecule has 0 saturated heterocycles. The Hall–Kier alpha value is -5.29. The number of benzene rings is 4. The average molecular weight is 617 g/mol. The Morgan fingerprint density at radius 2 is 1.42 bits per heavy atom. The summed E-state index contributed by atoms with van der Waals surface area (Å²) in [5, 5.41) is 14.8. The summed E-state index contributed by atoms with van der Waals surface area (Å²) in [6.45, 7) is 5.42. The van der Waals surface area contributed by atoms with E-state index in [0.717, 1.165) is 63.7 Å². The molecule has 0 bridgehead atoms. The van der Waals surface area contributed by atoms with Gasteiger partial charge in [0.1, 0.15) is 17.4 Å². The number of carboxylic acids is 1. The zero-order chi connectivity index (χ0) is 32.1. The maximum atomic E-state index is 13.6. The normalized spacial score (nSPS) is 11.3. The van der Waals surface area contributed by atoms with Crippen LogP contribution in [0.5, 0.6) is 0 Å². The molecule has 45 heavy (non-hydrogen) atoms. The zero-order valence-electron chi connectivity index (χ0n) is 24.2. The number of nitrogens with one attached hydrogen (secondary N) is 2. The molecule has 0 aliphatic heterocycles. The first-order valence-corrected chi connectivity index (χ1v) is 13.9. The van der Waals surface area contributed by atoms with Gasteiger partial charge in [-0.25, -0.2) is 14.2 Å². The number of carboxylic acid groups (broad SMARTS) is 1. The van der Waals surface area contributed by atoms with Gasteiger partial charge in [0.05, 0.1) is 16.7 Å². The molecule has 0 radical (unpaired) electrons. The number of alkyl halides is 3. The van der Waals surface area contributed by atoms with Crippen molar-refractivity contribution in [2.45, 2.75) is 33.1 Å². The number of rotatable bonds is 7. The summed E-state index contributed by atoms with van der Waals surface area (Å²) >= 11 is 0. The highest BCUT2D eigenvalue weighted by atomic mass is 19.4. The van der Waals surface area contributed by atoms with E-state index in [1.54, 1.807) is 6.07 Å². The van der Waals surface area contributed by atoms with Crippen LogP contribution in [-0.4, -0.2) is 32.4 Å². The highest BCUT2D eigenvalue weighted by molar-refractivity contribution is 5.80. The van der Waals surface area contributed by atoms with E-state index in [1.807, 2.05) is 26.0 Å². The minimum absolute atomic E-state index is 0.278. The van der Waals surface area contributed by atoms with Crippen molar-refractivity contribution in [3.8, 4) is 33.6 Å². The molecule has 230 valence electrons. The van der Waals surface area contributed by atoms with Gasteiger partial charge in [0.15, 0.2) is 0 Å². The summed E-state index contributed by atoms with van der Waals surface area (Å²) in [6.07, 6.45) is -5.08. The number of hydrogen-bond donors (Lipinski definition) is 3. The van der Waals surface area contributed by atoms with Crippen LogP contribution in [0.25, 0.3) is 44.7 Å². The second-order valence-electron chi connectivity index (χ2n) is 10.3. The van der Waals surface area contributed by atoms with Crippen LogP contribution >= 0.6 is 0 Å². The fraction of sp³-hybridized carbons (Fsp3) is 0.147. The average Bonchev–Trinajstić information content (AvgIpc) is 3.59. The smallest absolute Gasteiger partial charge is 0.475 e. The van der Waals surface area contributed by atoms with Gasteiger partial charge in [-0.05, 0) is 78.1 Å². The van der Waals surface area contributed by atoms with E-state index in [1.165, 1.54) is 23.3 Å². The van der Waals surface area contributed by atoms with E-state index >= 15 is 0 Å². The lowest BCUT2D eigenvalue weighted by Crippen LogP contribution is -2.21. The number of aromatic nitrogens is 3. The van der Waals surface area contributed by atoms with E-state index in [0.29, 0.717) is 5.52 Å². The summed E-state index contributed by atoms with van der Waals surface area (Å²) in [5.74, 6) is -1.47. The summed E-state index contributed by atoms with van der Waals surface area (Å²) in [7, 11) is 0. The fourth-order valence-electron chi connectivity index (χ4n) is 4.91. The monoisotopic (exact) mass is 616 g/mol. The number of aryl methyl sites for hydroxylation is 2. The lowest BCUT2D eigenvalue weighted by Gasteiger charge is -2.10. The Morgan fingerprint density at radius 3 is 2.04 bits per heavy atom. The Labute approximate surface area is 255 Å². The van der Waals surface area contributed by atoms with Gasteiger partial charge in [-0.15, -0.1) is 0 Å². The predicted molar refractivity (Wildman–Crippen MR) is 163 cm³/mol. The fourth-order valence-corrected chi connectivity index (χ4v) is 4.91. The van der Waals surface area contributed by atoms with E-state index < -0.39 is 12.1 Å². The second-order valence-corrected chi connectivity index (χ2v) is 10.3. The lowest BCUT2D eigenvalue weighted by molar-refractivity contribution is -0.192. The Bertz CT molecular complexity index is 1940. The third-order valence-corrected chi connectivity index (χ3v) is 6.99. The van der Waals surface area contributed by atoms with Crippen molar-refractivity contribution in [1.29, 1.82) is 0 Å². The number of aromatic amines is 1. The first-order valence-electron chi connectivity index (χ1n) is 13.9. The molecule has 0 fully saturated rings. The topological polar surface area (TPSA) is 104 Å². The highest BCUT2D eigenvalue weighted by Crippen LogP contribution is 2.29.